The fourth-order valence-electron chi connectivity index (χ4n) is 2.97. The minimum Gasteiger partial charge on any atom is -0.444 e. The fourth-order valence-corrected chi connectivity index (χ4v) is 2.97. The summed E-state index contributed by atoms with van der Waals surface area (Å²) in [7, 11) is 1.94. The van der Waals surface area contributed by atoms with Crippen molar-refractivity contribution in [3.63, 3.8) is 0 Å². The van der Waals surface area contributed by atoms with Crippen LogP contribution in [0.5, 0.6) is 0 Å². The molecule has 0 N–H and O–H groups in total. The van der Waals surface area contributed by atoms with Crippen LogP contribution in [0.15, 0.2) is 36.5 Å². The SMILES string of the molecule is Cn1nccc1-c1ccc(N2CCN(C(=O)OC(C)(C)C)CC2)cc1. The Morgan fingerprint density at radius 1 is 1.04 bits per heavy atom. The molecule has 2 heterocycles. The number of amides is 1. The molecule has 3 rings (SSSR count). The molecule has 1 aliphatic rings. The molecule has 0 saturated carbocycles. The number of aryl methyl sites for hydroxylation is 1. The molecule has 1 aliphatic heterocycles. The third kappa shape index (κ3) is 4.13. The lowest BCUT2D eigenvalue weighted by Crippen LogP contribution is -2.50. The van der Waals surface area contributed by atoms with E-state index in [-0.39, 0.29) is 6.09 Å². The highest BCUT2D eigenvalue weighted by Gasteiger charge is 2.25. The van der Waals surface area contributed by atoms with Crippen molar-refractivity contribution in [1.29, 1.82) is 0 Å². The molecule has 0 bridgehead atoms. The lowest BCUT2D eigenvalue weighted by molar-refractivity contribution is 0.0240. The number of aromatic nitrogens is 2. The van der Waals surface area contributed by atoms with Crippen molar-refractivity contribution in [2.75, 3.05) is 31.1 Å². The summed E-state index contributed by atoms with van der Waals surface area (Å²) in [6, 6.07) is 10.5. The summed E-state index contributed by atoms with van der Waals surface area (Å²) in [5.74, 6) is 0. The first-order chi connectivity index (χ1) is 11.8. The van der Waals surface area contributed by atoms with Crippen molar-refractivity contribution < 1.29 is 9.53 Å². The second kappa shape index (κ2) is 6.78. The van der Waals surface area contributed by atoms with Crippen LogP contribution < -0.4 is 4.90 Å². The van der Waals surface area contributed by atoms with Gasteiger partial charge in [0.05, 0.1) is 5.69 Å². The van der Waals surface area contributed by atoms with Crippen molar-refractivity contribution in [3.8, 4) is 11.3 Å². The molecule has 0 aliphatic carbocycles. The Hall–Kier alpha value is -2.50. The zero-order valence-corrected chi connectivity index (χ0v) is 15.4. The maximum absolute atomic E-state index is 12.1. The van der Waals surface area contributed by atoms with E-state index < -0.39 is 5.60 Å². The molecule has 0 spiro atoms. The molecule has 25 heavy (non-hydrogen) atoms. The van der Waals surface area contributed by atoms with Crippen LogP contribution in [0, 0.1) is 0 Å². The number of ether oxygens (including phenoxy) is 1. The van der Waals surface area contributed by atoms with Gasteiger partial charge in [-0.05, 0) is 44.5 Å². The molecule has 0 unspecified atom stereocenters. The van der Waals surface area contributed by atoms with Gasteiger partial charge in [-0.2, -0.15) is 5.10 Å². The predicted molar refractivity (Wildman–Crippen MR) is 98.7 cm³/mol. The number of carbonyl (C=O) groups is 1. The van der Waals surface area contributed by atoms with Gasteiger partial charge in [-0.25, -0.2) is 4.79 Å². The summed E-state index contributed by atoms with van der Waals surface area (Å²) in [6.07, 6.45) is 1.58. The Labute approximate surface area is 149 Å². The van der Waals surface area contributed by atoms with Crippen LogP contribution in [0.3, 0.4) is 0 Å². The van der Waals surface area contributed by atoms with E-state index in [1.807, 2.05) is 38.6 Å². The van der Waals surface area contributed by atoms with Crippen molar-refractivity contribution in [2.24, 2.45) is 7.05 Å². The first-order valence-corrected chi connectivity index (χ1v) is 8.65. The van der Waals surface area contributed by atoms with Gasteiger partial charge in [-0.1, -0.05) is 12.1 Å². The van der Waals surface area contributed by atoms with Gasteiger partial charge >= 0.3 is 6.09 Å². The molecule has 0 radical (unpaired) electrons. The van der Waals surface area contributed by atoms with Crippen LogP contribution in [0.4, 0.5) is 10.5 Å². The lowest BCUT2D eigenvalue weighted by Gasteiger charge is -2.36. The molecule has 6 heteroatoms. The molecular weight excluding hydrogens is 316 g/mol. The fraction of sp³-hybridized carbons (Fsp3) is 0.474. The minimum atomic E-state index is -0.449. The quantitative estimate of drug-likeness (QED) is 0.841. The lowest BCUT2D eigenvalue weighted by atomic mass is 10.1. The predicted octanol–water partition coefficient (Wildman–Crippen LogP) is 3.14. The van der Waals surface area contributed by atoms with Gasteiger partial charge in [-0.15, -0.1) is 0 Å². The normalized spacial score (nSPS) is 15.4. The first kappa shape index (κ1) is 17.3. The second-order valence-corrected chi connectivity index (χ2v) is 7.34. The first-order valence-electron chi connectivity index (χ1n) is 8.65. The van der Waals surface area contributed by atoms with Gasteiger partial charge in [-0.3, -0.25) is 4.68 Å². The molecule has 6 nitrogen and oxygen atoms in total. The summed E-state index contributed by atoms with van der Waals surface area (Å²) in [6.45, 7) is 8.66. The summed E-state index contributed by atoms with van der Waals surface area (Å²) < 4.78 is 7.32. The number of nitrogens with zero attached hydrogens (tertiary/aromatic N) is 4. The van der Waals surface area contributed by atoms with E-state index in [0.717, 1.165) is 24.3 Å². The van der Waals surface area contributed by atoms with Crippen LogP contribution in [0.25, 0.3) is 11.3 Å². The number of benzene rings is 1. The summed E-state index contributed by atoms with van der Waals surface area (Å²) in [5.41, 5.74) is 2.97. The Bertz CT molecular complexity index is 723. The number of rotatable bonds is 2. The van der Waals surface area contributed by atoms with E-state index in [0.29, 0.717) is 13.1 Å². The molecule has 1 aromatic carbocycles. The number of anilines is 1. The zero-order valence-electron chi connectivity index (χ0n) is 15.4. The van der Waals surface area contributed by atoms with Crippen molar-refractivity contribution in [2.45, 2.75) is 26.4 Å². The monoisotopic (exact) mass is 342 g/mol. The molecule has 2 aromatic rings. The summed E-state index contributed by atoms with van der Waals surface area (Å²) in [4.78, 5) is 16.2. The summed E-state index contributed by atoms with van der Waals surface area (Å²) in [5, 5.41) is 4.21. The molecule has 1 aromatic heterocycles. The van der Waals surface area contributed by atoms with Crippen molar-refractivity contribution >= 4 is 11.8 Å². The number of carbonyl (C=O) groups excluding carboxylic acids is 1. The Kier molecular flexibility index (Phi) is 4.70. The van der Waals surface area contributed by atoms with E-state index in [9.17, 15) is 4.79 Å². The van der Waals surface area contributed by atoms with Gasteiger partial charge in [0.25, 0.3) is 0 Å². The number of piperazine rings is 1. The number of hydrogen-bond acceptors (Lipinski definition) is 4. The molecular formula is C19H26N4O2. The van der Waals surface area contributed by atoms with Gasteiger partial charge in [0, 0.05) is 45.1 Å². The average Bonchev–Trinajstić information content (AvgIpc) is 3.00. The maximum atomic E-state index is 12.1. The Morgan fingerprint density at radius 3 is 2.20 bits per heavy atom. The van der Waals surface area contributed by atoms with Crippen LogP contribution >= 0.6 is 0 Å². The average molecular weight is 342 g/mol. The van der Waals surface area contributed by atoms with Crippen molar-refractivity contribution in [3.05, 3.63) is 36.5 Å². The van der Waals surface area contributed by atoms with E-state index in [4.69, 9.17) is 4.74 Å². The highest BCUT2D eigenvalue weighted by atomic mass is 16.6. The third-order valence-corrected chi connectivity index (χ3v) is 4.28. The smallest absolute Gasteiger partial charge is 0.410 e. The number of hydrogen-bond donors (Lipinski definition) is 0. The van der Waals surface area contributed by atoms with Gasteiger partial charge in [0.15, 0.2) is 0 Å². The van der Waals surface area contributed by atoms with Gasteiger partial charge in [0.2, 0.25) is 0 Å². The van der Waals surface area contributed by atoms with Gasteiger partial charge in [0.1, 0.15) is 5.60 Å². The van der Waals surface area contributed by atoms with Crippen LogP contribution in [0.1, 0.15) is 20.8 Å². The molecule has 134 valence electrons. The topological polar surface area (TPSA) is 50.6 Å². The third-order valence-electron chi connectivity index (χ3n) is 4.28. The highest BCUT2D eigenvalue weighted by Crippen LogP contribution is 2.23. The van der Waals surface area contributed by atoms with E-state index >= 15 is 0 Å². The zero-order chi connectivity index (χ0) is 18.0. The van der Waals surface area contributed by atoms with Crippen LogP contribution in [-0.4, -0.2) is 52.6 Å². The van der Waals surface area contributed by atoms with Gasteiger partial charge < -0.3 is 14.5 Å². The van der Waals surface area contributed by atoms with E-state index in [1.54, 1.807) is 11.1 Å². The van der Waals surface area contributed by atoms with E-state index in [1.165, 1.54) is 5.69 Å². The van der Waals surface area contributed by atoms with Crippen LogP contribution in [0.2, 0.25) is 0 Å². The molecule has 0 atom stereocenters. The highest BCUT2D eigenvalue weighted by molar-refractivity contribution is 5.69. The van der Waals surface area contributed by atoms with Crippen molar-refractivity contribution in [1.82, 2.24) is 14.7 Å². The van der Waals surface area contributed by atoms with E-state index in [2.05, 4.69) is 34.3 Å². The molecule has 1 fully saturated rings. The standard InChI is InChI=1S/C19H26N4O2/c1-19(2,3)25-18(24)23-13-11-22(12-14-23)16-7-5-15(6-8-16)17-9-10-20-21(17)4/h5-10H,11-14H2,1-4H3. The Balaban J connectivity index is 1.60. The summed E-state index contributed by atoms with van der Waals surface area (Å²) >= 11 is 0. The largest absolute Gasteiger partial charge is 0.444 e. The molecule has 1 amide bonds. The maximum Gasteiger partial charge on any atom is 0.410 e. The molecule has 1 saturated heterocycles. The minimum absolute atomic E-state index is 0.223. The van der Waals surface area contributed by atoms with Crippen LogP contribution in [-0.2, 0) is 11.8 Å². The Morgan fingerprint density at radius 2 is 1.68 bits per heavy atom. The second-order valence-electron chi connectivity index (χ2n) is 7.34.